The molecule has 0 spiro atoms. The molecule has 2 rings (SSSR count). The molecule has 3 N–H and O–H groups in total. The van der Waals surface area contributed by atoms with E-state index in [0.29, 0.717) is 5.88 Å². The van der Waals surface area contributed by atoms with Crippen LogP contribution in [-0.2, 0) is 0 Å². The van der Waals surface area contributed by atoms with E-state index in [9.17, 15) is 0 Å². The summed E-state index contributed by atoms with van der Waals surface area (Å²) in [5, 5.41) is 8.20. The number of hydrazine groups is 1. The number of hydrogen-bond donors (Lipinski definition) is 2. The van der Waals surface area contributed by atoms with E-state index in [1.807, 2.05) is 12.1 Å². The van der Waals surface area contributed by atoms with Crippen LogP contribution in [0.3, 0.4) is 0 Å². The van der Waals surface area contributed by atoms with Crippen molar-refractivity contribution < 1.29 is 4.74 Å². The summed E-state index contributed by atoms with van der Waals surface area (Å²) in [4.78, 5) is 0. The van der Waals surface area contributed by atoms with Gasteiger partial charge in [-0.25, -0.2) is 5.43 Å². The zero-order valence-electron chi connectivity index (χ0n) is 11.4. The summed E-state index contributed by atoms with van der Waals surface area (Å²) in [6.07, 6.45) is 9.59. The van der Waals surface area contributed by atoms with Crippen LogP contribution in [0.1, 0.15) is 50.3 Å². The second-order valence-electron chi connectivity index (χ2n) is 4.83. The lowest BCUT2D eigenvalue weighted by Crippen LogP contribution is -2.30. The van der Waals surface area contributed by atoms with Gasteiger partial charge in [-0.3, -0.25) is 5.84 Å². The van der Waals surface area contributed by atoms with Crippen molar-refractivity contribution in [2.24, 2.45) is 5.84 Å². The normalized spacial score (nSPS) is 20.8. The SMILES string of the molecule is COc1ccc(C(NN)/C2=C/CCCCCC2)nn1. The number of nitrogens with one attached hydrogen (secondary N) is 1. The standard InChI is InChI=1S/C14H22N4O/c1-19-13-10-9-12(17-18-13)14(16-15)11-7-5-3-2-4-6-8-11/h7,9-10,14,16H,2-6,8,15H2,1H3/b11-7+. The molecule has 104 valence electrons. The molecule has 5 nitrogen and oxygen atoms in total. The Kier molecular flexibility index (Phi) is 5.30. The highest BCUT2D eigenvalue weighted by Gasteiger charge is 2.17. The number of nitrogens with zero attached hydrogens (tertiary/aromatic N) is 2. The van der Waals surface area contributed by atoms with Crippen molar-refractivity contribution >= 4 is 0 Å². The van der Waals surface area contributed by atoms with Crippen molar-refractivity contribution in [2.75, 3.05) is 7.11 Å². The molecule has 19 heavy (non-hydrogen) atoms. The lowest BCUT2D eigenvalue weighted by molar-refractivity contribution is 0.389. The number of aromatic nitrogens is 2. The van der Waals surface area contributed by atoms with Gasteiger partial charge < -0.3 is 4.74 Å². The minimum Gasteiger partial charge on any atom is -0.480 e. The van der Waals surface area contributed by atoms with Crippen LogP contribution >= 0.6 is 0 Å². The maximum Gasteiger partial charge on any atom is 0.233 e. The first-order valence-corrected chi connectivity index (χ1v) is 6.88. The molecule has 1 aliphatic carbocycles. The second kappa shape index (κ2) is 7.21. The van der Waals surface area contributed by atoms with E-state index in [4.69, 9.17) is 10.6 Å². The summed E-state index contributed by atoms with van der Waals surface area (Å²) in [6.45, 7) is 0. The van der Waals surface area contributed by atoms with E-state index in [-0.39, 0.29) is 6.04 Å². The summed E-state index contributed by atoms with van der Waals surface area (Å²) in [6, 6.07) is 3.68. The maximum absolute atomic E-state index is 5.71. The van der Waals surface area contributed by atoms with Crippen LogP contribution in [0.5, 0.6) is 5.88 Å². The quantitative estimate of drug-likeness (QED) is 0.495. The Balaban J connectivity index is 2.16. The number of methoxy groups -OCH3 is 1. The van der Waals surface area contributed by atoms with E-state index in [2.05, 4.69) is 21.7 Å². The van der Waals surface area contributed by atoms with Crippen molar-refractivity contribution in [3.8, 4) is 5.88 Å². The summed E-state index contributed by atoms with van der Waals surface area (Å²) < 4.78 is 5.02. The van der Waals surface area contributed by atoms with Gasteiger partial charge in [-0.1, -0.05) is 18.9 Å². The largest absolute Gasteiger partial charge is 0.480 e. The van der Waals surface area contributed by atoms with Gasteiger partial charge in [-0.15, -0.1) is 10.2 Å². The minimum absolute atomic E-state index is 0.0449. The Morgan fingerprint density at radius 1 is 1.21 bits per heavy atom. The van der Waals surface area contributed by atoms with Crippen LogP contribution in [0.2, 0.25) is 0 Å². The Morgan fingerprint density at radius 3 is 2.74 bits per heavy atom. The lowest BCUT2D eigenvalue weighted by Gasteiger charge is -2.20. The molecule has 1 aromatic heterocycles. The fourth-order valence-electron chi connectivity index (χ4n) is 2.45. The lowest BCUT2D eigenvalue weighted by atomic mass is 9.93. The van der Waals surface area contributed by atoms with Gasteiger partial charge in [0.05, 0.1) is 18.8 Å². The van der Waals surface area contributed by atoms with Gasteiger partial charge in [0.2, 0.25) is 5.88 Å². The number of hydrogen-bond acceptors (Lipinski definition) is 5. The Bertz CT molecular complexity index is 416. The smallest absolute Gasteiger partial charge is 0.233 e. The van der Waals surface area contributed by atoms with Crippen molar-refractivity contribution in [1.82, 2.24) is 15.6 Å². The van der Waals surface area contributed by atoms with E-state index in [1.54, 1.807) is 7.11 Å². The average Bonchev–Trinajstić information content (AvgIpc) is 2.42. The van der Waals surface area contributed by atoms with Gasteiger partial charge in [-0.2, -0.15) is 0 Å². The topological polar surface area (TPSA) is 73.1 Å². The molecule has 0 aliphatic heterocycles. The molecule has 1 aromatic rings. The molecule has 1 heterocycles. The van der Waals surface area contributed by atoms with Gasteiger partial charge >= 0.3 is 0 Å². The van der Waals surface area contributed by atoms with Crippen molar-refractivity contribution in [2.45, 2.75) is 44.6 Å². The third kappa shape index (κ3) is 3.75. The molecule has 1 atom stereocenters. The Morgan fingerprint density at radius 2 is 2.05 bits per heavy atom. The molecular formula is C14H22N4O. The van der Waals surface area contributed by atoms with Gasteiger partial charge in [0.25, 0.3) is 0 Å². The molecular weight excluding hydrogens is 240 g/mol. The molecule has 0 saturated carbocycles. The second-order valence-corrected chi connectivity index (χ2v) is 4.83. The monoisotopic (exact) mass is 262 g/mol. The highest BCUT2D eigenvalue weighted by molar-refractivity contribution is 5.23. The average molecular weight is 262 g/mol. The first-order valence-electron chi connectivity index (χ1n) is 6.88. The molecule has 0 radical (unpaired) electrons. The fraction of sp³-hybridized carbons (Fsp3) is 0.571. The first kappa shape index (κ1) is 14.0. The molecule has 0 fully saturated rings. The molecule has 5 heteroatoms. The zero-order chi connectivity index (χ0) is 13.5. The summed E-state index contributed by atoms with van der Waals surface area (Å²) in [5.41, 5.74) is 5.03. The summed E-state index contributed by atoms with van der Waals surface area (Å²) >= 11 is 0. The van der Waals surface area contributed by atoms with E-state index in [1.165, 1.54) is 31.3 Å². The van der Waals surface area contributed by atoms with Crippen molar-refractivity contribution in [3.05, 3.63) is 29.5 Å². The van der Waals surface area contributed by atoms with Gasteiger partial charge in [-0.05, 0) is 37.3 Å². The van der Waals surface area contributed by atoms with Gasteiger partial charge in [0.15, 0.2) is 0 Å². The molecule has 0 aromatic carbocycles. The fourth-order valence-corrected chi connectivity index (χ4v) is 2.45. The highest BCUT2D eigenvalue weighted by atomic mass is 16.5. The number of rotatable bonds is 4. The van der Waals surface area contributed by atoms with Crippen LogP contribution in [-0.4, -0.2) is 17.3 Å². The number of ether oxygens (including phenoxy) is 1. The predicted molar refractivity (Wildman–Crippen MR) is 74.4 cm³/mol. The summed E-state index contributed by atoms with van der Waals surface area (Å²) in [7, 11) is 1.58. The number of allylic oxidation sites excluding steroid dienone is 1. The van der Waals surface area contributed by atoms with Gasteiger partial charge in [0.1, 0.15) is 0 Å². The van der Waals surface area contributed by atoms with Crippen LogP contribution < -0.4 is 16.0 Å². The van der Waals surface area contributed by atoms with Crippen LogP contribution in [0.4, 0.5) is 0 Å². The summed E-state index contributed by atoms with van der Waals surface area (Å²) in [5.74, 6) is 6.23. The van der Waals surface area contributed by atoms with Crippen LogP contribution in [0, 0.1) is 0 Å². The minimum atomic E-state index is -0.0449. The maximum atomic E-state index is 5.71. The first-order chi connectivity index (χ1) is 9.35. The molecule has 1 unspecified atom stereocenters. The Labute approximate surface area is 114 Å². The van der Waals surface area contributed by atoms with Crippen molar-refractivity contribution in [1.29, 1.82) is 0 Å². The molecule has 0 saturated heterocycles. The molecule has 1 aliphatic rings. The Hall–Kier alpha value is -1.46. The van der Waals surface area contributed by atoms with Crippen LogP contribution in [0.15, 0.2) is 23.8 Å². The van der Waals surface area contributed by atoms with Crippen molar-refractivity contribution in [3.63, 3.8) is 0 Å². The van der Waals surface area contributed by atoms with Crippen LogP contribution in [0.25, 0.3) is 0 Å². The molecule has 0 amide bonds. The third-order valence-electron chi connectivity index (χ3n) is 3.53. The predicted octanol–water partition coefficient (Wildman–Crippen LogP) is 2.27. The molecule has 0 bridgehead atoms. The van der Waals surface area contributed by atoms with E-state index < -0.39 is 0 Å². The highest BCUT2D eigenvalue weighted by Crippen LogP contribution is 2.27. The van der Waals surface area contributed by atoms with E-state index >= 15 is 0 Å². The van der Waals surface area contributed by atoms with E-state index in [0.717, 1.165) is 18.5 Å². The van der Waals surface area contributed by atoms with Gasteiger partial charge in [0, 0.05) is 6.07 Å². The zero-order valence-corrected chi connectivity index (χ0v) is 11.4. The number of nitrogens with two attached hydrogens (primary N) is 1. The third-order valence-corrected chi connectivity index (χ3v) is 3.53.